The highest BCUT2D eigenvalue weighted by atomic mass is 19.1. The zero-order valence-electron chi connectivity index (χ0n) is 14.1. The molecule has 0 amide bonds. The van der Waals surface area contributed by atoms with Crippen molar-refractivity contribution in [2.45, 2.75) is 32.2 Å². The monoisotopic (exact) mass is 339 g/mol. The van der Waals surface area contributed by atoms with Crippen molar-refractivity contribution < 1.29 is 18.4 Å². The van der Waals surface area contributed by atoms with Crippen LogP contribution >= 0.6 is 0 Å². The molecule has 1 unspecified atom stereocenters. The number of aromatic nitrogens is 2. The summed E-state index contributed by atoms with van der Waals surface area (Å²) in [7, 11) is 0. The second kappa shape index (κ2) is 7.83. The summed E-state index contributed by atoms with van der Waals surface area (Å²) in [6.07, 6.45) is 2.72. The molecule has 0 radical (unpaired) electrons. The lowest BCUT2D eigenvalue weighted by Crippen LogP contribution is -2.40. The summed E-state index contributed by atoms with van der Waals surface area (Å²) in [5.74, 6) is 0.0188. The number of benzene rings is 2. The van der Waals surface area contributed by atoms with Crippen molar-refractivity contribution >= 4 is 5.78 Å². The Labute approximate surface area is 145 Å². The topological polar surface area (TPSA) is 47.0 Å². The van der Waals surface area contributed by atoms with Crippen molar-refractivity contribution in [3.8, 4) is 0 Å². The molecule has 2 aromatic carbocycles. The lowest BCUT2D eigenvalue weighted by molar-refractivity contribution is -0.782. The van der Waals surface area contributed by atoms with Crippen molar-refractivity contribution in [1.29, 1.82) is 0 Å². The van der Waals surface area contributed by atoms with Gasteiger partial charge in [-0.3, -0.25) is 4.79 Å². The van der Waals surface area contributed by atoms with Gasteiger partial charge in [0.25, 0.3) is 0 Å². The average Bonchev–Trinajstić information content (AvgIpc) is 3.06. The molecule has 1 aromatic heterocycles. The predicted molar refractivity (Wildman–Crippen MR) is 90.4 cm³/mol. The van der Waals surface area contributed by atoms with E-state index in [-0.39, 0.29) is 30.5 Å². The smallest absolute Gasteiger partial charge is 0.241 e. The molecular formula is C20H20FN2O2+. The molecule has 5 heteroatoms. The van der Waals surface area contributed by atoms with Crippen LogP contribution in [-0.4, -0.2) is 11.1 Å². The maximum Gasteiger partial charge on any atom is 0.241 e. The number of Topliss-reactive ketones (excluding diaryl/α,β-unsaturated/α-hetero) is 1. The summed E-state index contributed by atoms with van der Waals surface area (Å²) < 4.78 is 20.6. The second-order valence-electron chi connectivity index (χ2n) is 6.17. The van der Waals surface area contributed by atoms with E-state index in [1.807, 2.05) is 25.1 Å². The van der Waals surface area contributed by atoms with Crippen LogP contribution in [0.25, 0.3) is 0 Å². The van der Waals surface area contributed by atoms with Crippen LogP contribution in [0.5, 0.6) is 0 Å². The average molecular weight is 339 g/mol. The van der Waals surface area contributed by atoms with Crippen molar-refractivity contribution in [3.05, 3.63) is 83.5 Å². The fourth-order valence-electron chi connectivity index (χ4n) is 2.74. The van der Waals surface area contributed by atoms with Crippen molar-refractivity contribution in [2.24, 2.45) is 0 Å². The van der Waals surface area contributed by atoms with Gasteiger partial charge >= 0.3 is 0 Å². The lowest BCUT2D eigenvalue weighted by atomic mass is 10.1. The van der Waals surface area contributed by atoms with Gasteiger partial charge < -0.3 is 4.52 Å². The first-order chi connectivity index (χ1) is 12.1. The molecule has 0 fully saturated rings. The molecule has 0 aliphatic heterocycles. The third-order valence-electron chi connectivity index (χ3n) is 4.07. The predicted octanol–water partition coefficient (Wildman–Crippen LogP) is 3.26. The molecule has 0 bridgehead atoms. The number of carbonyl (C=O) groups excluding carboxylic acids is 1. The first-order valence-corrected chi connectivity index (χ1v) is 8.28. The van der Waals surface area contributed by atoms with Gasteiger partial charge in [-0.2, -0.15) is 0 Å². The standard InChI is InChI=1S/C20H20FN2O2/c1-15(11-16-7-3-2-4-8-16)23-14-19(25-22-23)13-18(24)12-17-9-5-6-10-20(17)21/h2-10,14-15H,11-13H2,1H3/q+1. The fraction of sp³-hybridized carbons (Fsp3) is 0.250. The van der Waals surface area contributed by atoms with Crippen LogP contribution in [0.15, 0.2) is 65.3 Å². The van der Waals surface area contributed by atoms with Gasteiger partial charge in [0.05, 0.1) is 6.42 Å². The number of hydrogen-bond acceptors (Lipinski definition) is 3. The number of rotatable bonds is 7. The molecule has 128 valence electrons. The maximum absolute atomic E-state index is 13.6. The lowest BCUT2D eigenvalue weighted by Gasteiger charge is -2.01. The summed E-state index contributed by atoms with van der Waals surface area (Å²) >= 11 is 0. The van der Waals surface area contributed by atoms with Crippen LogP contribution in [0.4, 0.5) is 4.39 Å². The Hall–Kier alpha value is -2.82. The van der Waals surface area contributed by atoms with Crippen LogP contribution in [-0.2, 0) is 24.1 Å². The molecular weight excluding hydrogens is 319 g/mol. The van der Waals surface area contributed by atoms with Gasteiger partial charge in [-0.15, -0.1) is 0 Å². The quantitative estimate of drug-likeness (QED) is 0.621. The zero-order chi connectivity index (χ0) is 17.6. The van der Waals surface area contributed by atoms with E-state index >= 15 is 0 Å². The van der Waals surface area contributed by atoms with E-state index in [0.717, 1.165) is 6.42 Å². The summed E-state index contributed by atoms with van der Waals surface area (Å²) in [5.41, 5.74) is 1.61. The van der Waals surface area contributed by atoms with E-state index in [9.17, 15) is 9.18 Å². The molecule has 0 saturated carbocycles. The molecule has 0 aliphatic rings. The number of nitrogens with zero attached hydrogens (tertiary/aromatic N) is 2. The van der Waals surface area contributed by atoms with Gasteiger partial charge in [0.2, 0.25) is 12.0 Å². The minimum Gasteiger partial charge on any atom is -0.305 e. The van der Waals surface area contributed by atoms with Gasteiger partial charge in [-0.1, -0.05) is 48.5 Å². The third-order valence-corrected chi connectivity index (χ3v) is 4.07. The largest absolute Gasteiger partial charge is 0.305 e. The normalized spacial score (nSPS) is 12.1. The van der Waals surface area contributed by atoms with Gasteiger partial charge in [-0.25, -0.2) is 4.39 Å². The highest BCUT2D eigenvalue weighted by molar-refractivity contribution is 5.82. The molecule has 0 spiro atoms. The van der Waals surface area contributed by atoms with Gasteiger partial charge in [0.15, 0.2) is 11.3 Å². The summed E-state index contributed by atoms with van der Waals surface area (Å²) in [4.78, 5) is 12.1. The van der Waals surface area contributed by atoms with E-state index in [1.165, 1.54) is 11.6 Å². The summed E-state index contributed by atoms with van der Waals surface area (Å²) in [6.45, 7) is 2.04. The van der Waals surface area contributed by atoms with E-state index in [2.05, 4.69) is 17.4 Å². The molecule has 3 rings (SSSR count). The Morgan fingerprint density at radius 2 is 1.84 bits per heavy atom. The van der Waals surface area contributed by atoms with Crippen molar-refractivity contribution in [3.63, 3.8) is 0 Å². The van der Waals surface area contributed by atoms with Crippen molar-refractivity contribution in [2.75, 3.05) is 0 Å². The Kier molecular flexibility index (Phi) is 5.33. The highest BCUT2D eigenvalue weighted by Crippen LogP contribution is 2.11. The van der Waals surface area contributed by atoms with Crippen LogP contribution in [0.3, 0.4) is 0 Å². The van der Waals surface area contributed by atoms with Crippen LogP contribution in [0, 0.1) is 5.82 Å². The number of carbonyl (C=O) groups is 1. The van der Waals surface area contributed by atoms with Gasteiger partial charge in [0, 0.05) is 19.8 Å². The maximum atomic E-state index is 13.6. The second-order valence-corrected chi connectivity index (χ2v) is 6.17. The molecule has 4 nitrogen and oxygen atoms in total. The molecule has 25 heavy (non-hydrogen) atoms. The van der Waals surface area contributed by atoms with E-state index < -0.39 is 0 Å². The SMILES string of the molecule is CC(Cc1ccccc1)[n+]1cc(CC(=O)Cc2ccccc2F)on1. The summed E-state index contributed by atoms with van der Waals surface area (Å²) in [5, 5.41) is 4.01. The van der Waals surface area contributed by atoms with Crippen LogP contribution in [0.2, 0.25) is 0 Å². The van der Waals surface area contributed by atoms with E-state index in [4.69, 9.17) is 4.52 Å². The zero-order valence-corrected chi connectivity index (χ0v) is 14.1. The van der Waals surface area contributed by atoms with Gasteiger partial charge in [-0.05, 0) is 21.9 Å². The van der Waals surface area contributed by atoms with Crippen molar-refractivity contribution in [1.82, 2.24) is 5.27 Å². The number of halogens is 1. The molecule has 0 saturated heterocycles. The first kappa shape index (κ1) is 17.0. The fourth-order valence-corrected chi connectivity index (χ4v) is 2.74. The highest BCUT2D eigenvalue weighted by Gasteiger charge is 2.21. The third kappa shape index (κ3) is 4.59. The first-order valence-electron chi connectivity index (χ1n) is 8.28. The molecule has 1 heterocycles. The van der Waals surface area contributed by atoms with E-state index in [1.54, 1.807) is 29.1 Å². The summed E-state index contributed by atoms with van der Waals surface area (Å²) in [6, 6.07) is 16.5. The molecule has 0 N–H and O–H groups in total. The molecule has 3 aromatic rings. The van der Waals surface area contributed by atoms with Gasteiger partial charge in [0.1, 0.15) is 11.6 Å². The number of ketones is 1. The Morgan fingerprint density at radius 3 is 2.60 bits per heavy atom. The van der Waals surface area contributed by atoms with Crippen LogP contribution in [0.1, 0.15) is 29.9 Å². The number of hydrogen-bond donors (Lipinski definition) is 0. The molecule has 0 aliphatic carbocycles. The van der Waals surface area contributed by atoms with E-state index in [0.29, 0.717) is 11.3 Å². The Morgan fingerprint density at radius 1 is 1.12 bits per heavy atom. The van der Waals surface area contributed by atoms with Crippen LogP contribution < -0.4 is 4.68 Å². The minimum absolute atomic E-state index is 0.0486. The minimum atomic E-state index is -0.361. The molecule has 1 atom stereocenters. The Bertz CT molecular complexity index is 846. The Balaban J connectivity index is 1.59.